The van der Waals surface area contributed by atoms with E-state index in [0.717, 1.165) is 6.42 Å². The number of benzene rings is 1. The van der Waals surface area contributed by atoms with Crippen LogP contribution in [0.2, 0.25) is 0 Å². The molecule has 0 bridgehead atoms. The molecule has 0 aliphatic heterocycles. The van der Waals surface area contributed by atoms with Crippen molar-refractivity contribution < 1.29 is 9.90 Å². The van der Waals surface area contributed by atoms with E-state index in [-0.39, 0.29) is 11.5 Å². The molecule has 0 radical (unpaired) electrons. The van der Waals surface area contributed by atoms with Crippen LogP contribution in [0.1, 0.15) is 34.3 Å². The number of fused-ring (bicyclic) bond motifs is 1. The Bertz CT molecular complexity index is 443. The lowest BCUT2D eigenvalue weighted by Crippen LogP contribution is -2.12. The second kappa shape index (κ2) is 3.15. The smallest absolute Gasteiger partial charge is 0.164 e. The first-order valence-electron chi connectivity index (χ1n) is 4.52. The molecule has 70 valence electrons. The second-order valence-corrected chi connectivity index (χ2v) is 3.37. The Labute approximate surface area is 81.6 Å². The van der Waals surface area contributed by atoms with Gasteiger partial charge in [-0.25, -0.2) is 0 Å². The zero-order valence-electron chi connectivity index (χ0n) is 7.58. The highest BCUT2D eigenvalue weighted by Gasteiger charge is 2.23. The van der Waals surface area contributed by atoms with Gasteiger partial charge in [0.1, 0.15) is 5.75 Å². The molecule has 1 aromatic carbocycles. The van der Waals surface area contributed by atoms with Gasteiger partial charge in [-0.05, 0) is 25.0 Å². The van der Waals surface area contributed by atoms with E-state index in [1.807, 2.05) is 6.07 Å². The Kier molecular flexibility index (Phi) is 1.97. The number of nitrogens with zero attached hydrogens (tertiary/aromatic N) is 1. The summed E-state index contributed by atoms with van der Waals surface area (Å²) in [7, 11) is 0. The first kappa shape index (κ1) is 8.76. The minimum Gasteiger partial charge on any atom is -0.508 e. The molecule has 0 heterocycles. The Morgan fingerprint density at radius 3 is 2.86 bits per heavy atom. The fourth-order valence-corrected chi connectivity index (χ4v) is 1.85. The van der Waals surface area contributed by atoms with Gasteiger partial charge >= 0.3 is 0 Å². The average molecular weight is 187 g/mol. The van der Waals surface area contributed by atoms with Gasteiger partial charge in [-0.1, -0.05) is 0 Å². The summed E-state index contributed by atoms with van der Waals surface area (Å²) in [5.74, 6) is 0.103. The number of carbonyl (C=O) groups is 1. The molecule has 0 amide bonds. The maximum Gasteiger partial charge on any atom is 0.164 e. The van der Waals surface area contributed by atoms with Crippen LogP contribution in [0.5, 0.6) is 5.75 Å². The standard InChI is InChI=1S/C11H9NO2/c12-6-7-4-5-9(13)8-2-1-3-10(14)11(7)8/h4-5,13H,1-3H2. The summed E-state index contributed by atoms with van der Waals surface area (Å²) in [5.41, 5.74) is 1.45. The molecule has 2 rings (SSSR count). The number of carbonyl (C=O) groups excluding carboxylic acids is 1. The quantitative estimate of drug-likeness (QED) is 0.673. The third-order valence-electron chi connectivity index (χ3n) is 2.52. The highest BCUT2D eigenvalue weighted by atomic mass is 16.3. The second-order valence-electron chi connectivity index (χ2n) is 3.37. The van der Waals surface area contributed by atoms with E-state index in [0.29, 0.717) is 29.5 Å². The molecular weight excluding hydrogens is 178 g/mol. The molecule has 1 aromatic rings. The zero-order chi connectivity index (χ0) is 10.1. The first-order valence-corrected chi connectivity index (χ1v) is 4.52. The predicted octanol–water partition coefficient (Wildman–Crippen LogP) is 1.78. The van der Waals surface area contributed by atoms with Crippen LogP contribution in [-0.2, 0) is 6.42 Å². The van der Waals surface area contributed by atoms with Gasteiger partial charge in [-0.3, -0.25) is 4.79 Å². The summed E-state index contributed by atoms with van der Waals surface area (Å²) in [5, 5.41) is 18.4. The van der Waals surface area contributed by atoms with Crippen molar-refractivity contribution in [3.8, 4) is 11.8 Å². The van der Waals surface area contributed by atoms with Crippen LogP contribution in [0, 0.1) is 11.3 Å². The number of nitriles is 1. The van der Waals surface area contributed by atoms with E-state index in [2.05, 4.69) is 0 Å². The fraction of sp³-hybridized carbons (Fsp3) is 0.273. The summed E-state index contributed by atoms with van der Waals surface area (Å²) in [6.07, 6.45) is 1.92. The van der Waals surface area contributed by atoms with E-state index in [1.165, 1.54) is 12.1 Å². The molecule has 0 saturated heterocycles. The summed E-state index contributed by atoms with van der Waals surface area (Å²) >= 11 is 0. The molecule has 0 fully saturated rings. The highest BCUT2D eigenvalue weighted by molar-refractivity contribution is 6.01. The van der Waals surface area contributed by atoms with Crippen molar-refractivity contribution in [2.45, 2.75) is 19.3 Å². The Hall–Kier alpha value is -1.82. The van der Waals surface area contributed by atoms with Crippen LogP contribution in [0.3, 0.4) is 0 Å². The van der Waals surface area contributed by atoms with Crippen LogP contribution in [0.25, 0.3) is 0 Å². The number of rotatable bonds is 0. The molecule has 0 unspecified atom stereocenters. The minimum absolute atomic E-state index is 0.0290. The first-order chi connectivity index (χ1) is 6.74. The lowest BCUT2D eigenvalue weighted by atomic mass is 9.87. The summed E-state index contributed by atoms with van der Waals surface area (Å²) in [6.45, 7) is 0. The topological polar surface area (TPSA) is 61.1 Å². The number of aromatic hydroxyl groups is 1. The highest BCUT2D eigenvalue weighted by Crippen LogP contribution is 2.30. The van der Waals surface area contributed by atoms with E-state index in [1.54, 1.807) is 0 Å². The molecule has 1 aliphatic carbocycles. The monoisotopic (exact) mass is 187 g/mol. The number of hydrogen-bond acceptors (Lipinski definition) is 3. The fourth-order valence-electron chi connectivity index (χ4n) is 1.85. The number of Topliss-reactive ketones (excluding diaryl/α,β-unsaturated/α-hetero) is 1. The third kappa shape index (κ3) is 1.16. The van der Waals surface area contributed by atoms with Crippen molar-refractivity contribution >= 4 is 5.78 Å². The lowest BCUT2D eigenvalue weighted by molar-refractivity contribution is 0.0971. The van der Waals surface area contributed by atoms with Crippen LogP contribution in [0.15, 0.2) is 12.1 Å². The maximum absolute atomic E-state index is 11.6. The molecule has 14 heavy (non-hydrogen) atoms. The van der Waals surface area contributed by atoms with Gasteiger partial charge in [0.25, 0.3) is 0 Å². The number of hydrogen-bond donors (Lipinski definition) is 1. The molecule has 0 saturated carbocycles. The largest absolute Gasteiger partial charge is 0.508 e. The molecule has 1 aliphatic rings. The molecule has 0 spiro atoms. The SMILES string of the molecule is N#Cc1ccc(O)c2c1C(=O)CCC2. The maximum atomic E-state index is 11.6. The third-order valence-corrected chi connectivity index (χ3v) is 2.52. The van der Waals surface area contributed by atoms with E-state index in [9.17, 15) is 9.90 Å². The molecule has 0 aromatic heterocycles. The minimum atomic E-state index is -0.0290. The van der Waals surface area contributed by atoms with Gasteiger partial charge in [-0.2, -0.15) is 5.26 Å². The number of phenolic OH excluding ortho intramolecular Hbond substituents is 1. The van der Waals surface area contributed by atoms with Gasteiger partial charge in [-0.15, -0.1) is 0 Å². The van der Waals surface area contributed by atoms with Crippen LogP contribution in [-0.4, -0.2) is 10.9 Å². The summed E-state index contributed by atoms with van der Waals surface area (Å²) in [6, 6.07) is 4.96. The van der Waals surface area contributed by atoms with Crippen molar-refractivity contribution in [2.24, 2.45) is 0 Å². The van der Waals surface area contributed by atoms with Gasteiger partial charge < -0.3 is 5.11 Å². The Morgan fingerprint density at radius 1 is 1.36 bits per heavy atom. The number of phenols is 1. The molecular formula is C11H9NO2. The van der Waals surface area contributed by atoms with Crippen molar-refractivity contribution in [1.82, 2.24) is 0 Å². The van der Waals surface area contributed by atoms with E-state index < -0.39 is 0 Å². The van der Waals surface area contributed by atoms with Crippen molar-refractivity contribution in [1.29, 1.82) is 5.26 Å². The van der Waals surface area contributed by atoms with Crippen LogP contribution >= 0.6 is 0 Å². The average Bonchev–Trinajstić information content (AvgIpc) is 2.20. The van der Waals surface area contributed by atoms with Gasteiger partial charge in [0.15, 0.2) is 5.78 Å². The lowest BCUT2D eigenvalue weighted by Gasteiger charge is -2.16. The predicted molar refractivity (Wildman–Crippen MR) is 50.1 cm³/mol. The Balaban J connectivity index is 2.72. The Morgan fingerprint density at radius 2 is 2.14 bits per heavy atom. The number of ketones is 1. The van der Waals surface area contributed by atoms with Gasteiger partial charge in [0, 0.05) is 17.5 Å². The summed E-state index contributed by atoms with van der Waals surface area (Å²) < 4.78 is 0. The van der Waals surface area contributed by atoms with Crippen LogP contribution in [0.4, 0.5) is 0 Å². The van der Waals surface area contributed by atoms with Crippen molar-refractivity contribution in [3.63, 3.8) is 0 Å². The molecule has 3 heteroatoms. The van der Waals surface area contributed by atoms with Crippen molar-refractivity contribution in [3.05, 3.63) is 28.8 Å². The summed E-state index contributed by atoms with van der Waals surface area (Å²) in [4.78, 5) is 11.6. The van der Waals surface area contributed by atoms with Gasteiger partial charge in [0.2, 0.25) is 0 Å². The normalized spacial score (nSPS) is 14.6. The van der Waals surface area contributed by atoms with E-state index in [4.69, 9.17) is 5.26 Å². The molecule has 3 nitrogen and oxygen atoms in total. The zero-order valence-corrected chi connectivity index (χ0v) is 7.58. The van der Waals surface area contributed by atoms with Crippen LogP contribution < -0.4 is 0 Å². The molecule has 0 atom stereocenters. The van der Waals surface area contributed by atoms with Crippen molar-refractivity contribution in [2.75, 3.05) is 0 Å². The van der Waals surface area contributed by atoms with Gasteiger partial charge in [0.05, 0.1) is 11.6 Å². The molecule has 1 N–H and O–H groups in total. The van der Waals surface area contributed by atoms with E-state index >= 15 is 0 Å².